The molecule has 0 heterocycles. The lowest BCUT2D eigenvalue weighted by Gasteiger charge is -2.21. The average molecular weight is 282 g/mol. The molecule has 0 radical (unpaired) electrons. The molecule has 1 aliphatic rings. The Balaban J connectivity index is 1.72. The van der Waals surface area contributed by atoms with Crippen molar-refractivity contribution in [2.24, 2.45) is 5.92 Å². The Kier molecular flexibility index (Phi) is 5.32. The molecule has 3 nitrogen and oxygen atoms in total. The monoisotopic (exact) mass is 282 g/mol. The maximum atomic E-state index is 13.3. The number of hydrogen-bond donors (Lipinski definition) is 2. The summed E-state index contributed by atoms with van der Waals surface area (Å²) in [5.74, 6) is -0.746. The van der Waals surface area contributed by atoms with Crippen molar-refractivity contribution >= 4 is 11.7 Å². The van der Waals surface area contributed by atoms with Gasteiger partial charge in [-0.15, -0.1) is 0 Å². The minimum atomic E-state index is -0.771. The van der Waals surface area contributed by atoms with E-state index in [9.17, 15) is 13.6 Å². The van der Waals surface area contributed by atoms with Crippen molar-refractivity contribution in [3.63, 3.8) is 0 Å². The predicted octanol–water partition coefficient (Wildman–Crippen LogP) is 4.06. The fraction of sp³-hybridized carbons (Fsp3) is 0.533. The number of amides is 2. The van der Waals surface area contributed by atoms with Crippen LogP contribution in [0.1, 0.15) is 38.5 Å². The largest absolute Gasteiger partial charge is 0.338 e. The summed E-state index contributed by atoms with van der Waals surface area (Å²) in [7, 11) is 0. The van der Waals surface area contributed by atoms with Crippen molar-refractivity contribution in [2.45, 2.75) is 38.5 Å². The van der Waals surface area contributed by atoms with E-state index in [4.69, 9.17) is 0 Å². The van der Waals surface area contributed by atoms with Crippen molar-refractivity contribution < 1.29 is 13.6 Å². The van der Waals surface area contributed by atoms with E-state index in [1.54, 1.807) is 0 Å². The number of rotatable bonds is 4. The van der Waals surface area contributed by atoms with Crippen molar-refractivity contribution in [1.29, 1.82) is 0 Å². The number of hydrogen-bond acceptors (Lipinski definition) is 1. The van der Waals surface area contributed by atoms with Gasteiger partial charge in [-0.2, -0.15) is 0 Å². The fourth-order valence-corrected chi connectivity index (χ4v) is 2.62. The summed E-state index contributed by atoms with van der Waals surface area (Å²) < 4.78 is 26.1. The van der Waals surface area contributed by atoms with Crippen LogP contribution in [0.2, 0.25) is 0 Å². The number of halogens is 2. The van der Waals surface area contributed by atoms with E-state index in [0.29, 0.717) is 12.5 Å². The van der Waals surface area contributed by atoms with Crippen LogP contribution in [0.15, 0.2) is 18.2 Å². The summed E-state index contributed by atoms with van der Waals surface area (Å²) >= 11 is 0. The van der Waals surface area contributed by atoms with E-state index in [-0.39, 0.29) is 5.69 Å². The molecule has 110 valence electrons. The van der Waals surface area contributed by atoms with E-state index in [2.05, 4.69) is 10.6 Å². The van der Waals surface area contributed by atoms with Crippen LogP contribution in [0.5, 0.6) is 0 Å². The number of anilines is 1. The van der Waals surface area contributed by atoms with Gasteiger partial charge >= 0.3 is 6.03 Å². The molecule has 0 bridgehead atoms. The zero-order chi connectivity index (χ0) is 14.4. The molecule has 1 aromatic rings. The predicted molar refractivity (Wildman–Crippen MR) is 74.6 cm³/mol. The highest BCUT2D eigenvalue weighted by atomic mass is 19.1. The molecule has 0 atom stereocenters. The van der Waals surface area contributed by atoms with E-state index < -0.39 is 17.7 Å². The van der Waals surface area contributed by atoms with Gasteiger partial charge in [0, 0.05) is 12.6 Å². The zero-order valence-electron chi connectivity index (χ0n) is 11.4. The lowest BCUT2D eigenvalue weighted by molar-refractivity contribution is 0.250. The van der Waals surface area contributed by atoms with Crippen LogP contribution < -0.4 is 10.6 Å². The van der Waals surface area contributed by atoms with E-state index in [0.717, 1.165) is 18.6 Å². The van der Waals surface area contributed by atoms with E-state index in [1.807, 2.05) is 0 Å². The van der Waals surface area contributed by atoms with Crippen molar-refractivity contribution in [3.05, 3.63) is 29.8 Å². The Hall–Kier alpha value is -1.65. The highest BCUT2D eigenvalue weighted by molar-refractivity contribution is 5.89. The average Bonchev–Trinajstić information content (AvgIpc) is 2.43. The second kappa shape index (κ2) is 7.22. The number of nitrogens with one attached hydrogen (secondary N) is 2. The molecule has 0 unspecified atom stereocenters. The third-order valence-corrected chi connectivity index (χ3v) is 3.74. The van der Waals surface area contributed by atoms with Gasteiger partial charge < -0.3 is 10.6 Å². The van der Waals surface area contributed by atoms with Crippen molar-refractivity contribution in [1.82, 2.24) is 5.32 Å². The maximum absolute atomic E-state index is 13.3. The van der Waals surface area contributed by atoms with Crippen LogP contribution in [0.3, 0.4) is 0 Å². The van der Waals surface area contributed by atoms with Crippen molar-refractivity contribution in [3.8, 4) is 0 Å². The molecular formula is C15H20F2N2O. The van der Waals surface area contributed by atoms with Crippen LogP contribution in [-0.4, -0.2) is 12.6 Å². The SMILES string of the molecule is O=C(NCCC1CCCCC1)Nc1ccc(F)cc1F. The molecular weight excluding hydrogens is 262 g/mol. The first-order valence-corrected chi connectivity index (χ1v) is 7.15. The minimum Gasteiger partial charge on any atom is -0.338 e. The minimum absolute atomic E-state index is 0.0124. The van der Waals surface area contributed by atoms with Gasteiger partial charge in [-0.1, -0.05) is 32.1 Å². The smallest absolute Gasteiger partial charge is 0.319 e. The molecule has 1 aliphatic carbocycles. The molecule has 2 N–H and O–H groups in total. The number of benzene rings is 1. The molecule has 2 rings (SSSR count). The molecule has 1 aromatic carbocycles. The summed E-state index contributed by atoms with van der Waals surface area (Å²) in [6.45, 7) is 0.583. The van der Waals surface area contributed by atoms with Crippen LogP contribution >= 0.6 is 0 Å². The summed E-state index contributed by atoms with van der Waals surface area (Å²) in [6, 6.07) is 2.62. The molecule has 1 saturated carbocycles. The lowest BCUT2D eigenvalue weighted by Crippen LogP contribution is -2.31. The second-order valence-electron chi connectivity index (χ2n) is 5.30. The quantitative estimate of drug-likeness (QED) is 0.859. The van der Waals surface area contributed by atoms with E-state index in [1.165, 1.54) is 38.2 Å². The molecule has 0 aliphatic heterocycles. The van der Waals surface area contributed by atoms with Crippen LogP contribution in [0, 0.1) is 17.6 Å². The Morgan fingerprint density at radius 3 is 2.65 bits per heavy atom. The summed E-state index contributed by atoms with van der Waals surface area (Å²) in [4.78, 5) is 11.6. The first kappa shape index (κ1) is 14.8. The third-order valence-electron chi connectivity index (χ3n) is 3.74. The Morgan fingerprint density at radius 1 is 1.20 bits per heavy atom. The first-order chi connectivity index (χ1) is 9.65. The molecule has 20 heavy (non-hydrogen) atoms. The fourth-order valence-electron chi connectivity index (χ4n) is 2.62. The molecule has 2 amide bonds. The highest BCUT2D eigenvalue weighted by Gasteiger charge is 2.13. The van der Waals surface area contributed by atoms with Gasteiger partial charge in [0.2, 0.25) is 0 Å². The first-order valence-electron chi connectivity index (χ1n) is 7.15. The third kappa shape index (κ3) is 4.47. The van der Waals surface area contributed by atoms with Crippen LogP contribution in [-0.2, 0) is 0 Å². The van der Waals surface area contributed by atoms with Gasteiger partial charge in [0.1, 0.15) is 11.6 Å². The summed E-state index contributed by atoms with van der Waals surface area (Å²) in [5, 5.41) is 5.09. The Morgan fingerprint density at radius 2 is 1.95 bits per heavy atom. The number of carbonyl (C=O) groups is 1. The second-order valence-corrected chi connectivity index (χ2v) is 5.30. The Labute approximate surface area is 117 Å². The van der Waals surface area contributed by atoms with Gasteiger partial charge in [-0.05, 0) is 24.5 Å². The molecule has 5 heteroatoms. The van der Waals surface area contributed by atoms with Gasteiger partial charge in [0.25, 0.3) is 0 Å². The van der Waals surface area contributed by atoms with Gasteiger partial charge in [0.15, 0.2) is 0 Å². The lowest BCUT2D eigenvalue weighted by atomic mass is 9.87. The van der Waals surface area contributed by atoms with Crippen molar-refractivity contribution in [2.75, 3.05) is 11.9 Å². The molecule has 0 aromatic heterocycles. The zero-order valence-corrected chi connectivity index (χ0v) is 11.4. The molecule has 1 fully saturated rings. The molecule has 0 saturated heterocycles. The van der Waals surface area contributed by atoms with E-state index >= 15 is 0 Å². The van der Waals surface area contributed by atoms with Gasteiger partial charge in [-0.25, -0.2) is 13.6 Å². The standard InChI is InChI=1S/C15H20F2N2O/c16-12-6-7-14(13(17)10-12)19-15(20)18-9-8-11-4-2-1-3-5-11/h6-7,10-11H,1-5,8-9H2,(H2,18,19,20). The van der Waals surface area contributed by atoms with Gasteiger partial charge in [0.05, 0.1) is 5.69 Å². The van der Waals surface area contributed by atoms with Crippen LogP contribution in [0.25, 0.3) is 0 Å². The van der Waals surface area contributed by atoms with Gasteiger partial charge in [-0.3, -0.25) is 0 Å². The summed E-state index contributed by atoms with van der Waals surface area (Å²) in [5.41, 5.74) is -0.0124. The normalized spacial score (nSPS) is 15.9. The Bertz CT molecular complexity index is 459. The topological polar surface area (TPSA) is 41.1 Å². The summed E-state index contributed by atoms with van der Waals surface area (Å²) in [6.07, 6.45) is 7.29. The number of carbonyl (C=O) groups excluding carboxylic acids is 1. The maximum Gasteiger partial charge on any atom is 0.319 e. The number of urea groups is 1. The highest BCUT2D eigenvalue weighted by Crippen LogP contribution is 2.25. The molecule has 0 spiro atoms. The van der Waals surface area contributed by atoms with Crippen LogP contribution in [0.4, 0.5) is 19.3 Å².